The van der Waals surface area contributed by atoms with Crippen molar-refractivity contribution in [2.45, 2.75) is 0 Å². The number of hydrogen-bond donors (Lipinski definition) is 1. The van der Waals surface area contributed by atoms with Gasteiger partial charge in [-0.3, -0.25) is 0 Å². The standard InChI is InChI=1S/C17H14N2O/c1-20-16-11-5-10-15(13-18)17(16)19-12-6-9-14-7-3-2-4-8-14/h2-5,7-8,10-11,19H,12H2,1H3. The number of nitriles is 1. The van der Waals surface area contributed by atoms with Gasteiger partial charge in [0.05, 0.1) is 24.9 Å². The van der Waals surface area contributed by atoms with Crippen molar-refractivity contribution >= 4 is 5.69 Å². The highest BCUT2D eigenvalue weighted by Crippen LogP contribution is 2.27. The summed E-state index contributed by atoms with van der Waals surface area (Å²) in [7, 11) is 1.58. The van der Waals surface area contributed by atoms with E-state index in [0.717, 1.165) is 5.56 Å². The minimum Gasteiger partial charge on any atom is -0.495 e. The van der Waals surface area contributed by atoms with Crippen LogP contribution in [0.1, 0.15) is 11.1 Å². The molecule has 0 amide bonds. The Bertz CT molecular complexity index is 676. The van der Waals surface area contributed by atoms with Crippen LogP contribution in [0.15, 0.2) is 48.5 Å². The fourth-order valence-corrected chi connectivity index (χ4v) is 1.78. The molecule has 0 spiro atoms. The first kappa shape index (κ1) is 13.5. The van der Waals surface area contributed by atoms with Gasteiger partial charge in [0.25, 0.3) is 0 Å². The van der Waals surface area contributed by atoms with E-state index >= 15 is 0 Å². The predicted octanol–water partition coefficient (Wildman–Crippen LogP) is 3.03. The molecule has 0 aliphatic rings. The van der Waals surface area contributed by atoms with Gasteiger partial charge in [-0.25, -0.2) is 0 Å². The van der Waals surface area contributed by atoms with Crippen LogP contribution in [0.5, 0.6) is 5.75 Å². The lowest BCUT2D eigenvalue weighted by Crippen LogP contribution is -2.03. The molecule has 0 aromatic heterocycles. The fourth-order valence-electron chi connectivity index (χ4n) is 1.78. The number of methoxy groups -OCH3 is 1. The van der Waals surface area contributed by atoms with Crippen molar-refractivity contribution in [3.8, 4) is 23.7 Å². The van der Waals surface area contributed by atoms with Gasteiger partial charge in [0.1, 0.15) is 11.8 Å². The van der Waals surface area contributed by atoms with Crippen molar-refractivity contribution in [3.63, 3.8) is 0 Å². The first-order valence-electron chi connectivity index (χ1n) is 6.20. The zero-order valence-corrected chi connectivity index (χ0v) is 11.2. The Hall–Kier alpha value is -2.91. The van der Waals surface area contributed by atoms with E-state index in [1.807, 2.05) is 36.4 Å². The maximum absolute atomic E-state index is 9.09. The van der Waals surface area contributed by atoms with Crippen molar-refractivity contribution < 1.29 is 4.74 Å². The maximum atomic E-state index is 9.09. The van der Waals surface area contributed by atoms with Crippen LogP contribution in [0.3, 0.4) is 0 Å². The van der Waals surface area contributed by atoms with Crippen LogP contribution < -0.4 is 10.1 Å². The first-order valence-corrected chi connectivity index (χ1v) is 6.20. The number of hydrogen-bond acceptors (Lipinski definition) is 3. The van der Waals surface area contributed by atoms with Crippen LogP contribution in [-0.4, -0.2) is 13.7 Å². The van der Waals surface area contributed by atoms with Gasteiger partial charge >= 0.3 is 0 Å². The zero-order valence-electron chi connectivity index (χ0n) is 11.2. The average Bonchev–Trinajstić information content (AvgIpc) is 2.52. The summed E-state index contributed by atoms with van der Waals surface area (Å²) < 4.78 is 5.24. The topological polar surface area (TPSA) is 45.0 Å². The van der Waals surface area contributed by atoms with E-state index in [-0.39, 0.29) is 0 Å². The van der Waals surface area contributed by atoms with Crippen LogP contribution in [0.25, 0.3) is 0 Å². The molecule has 0 fully saturated rings. The van der Waals surface area contributed by atoms with Gasteiger partial charge in [-0.2, -0.15) is 5.26 Å². The summed E-state index contributed by atoms with van der Waals surface area (Å²) in [6, 6.07) is 17.3. The molecule has 0 unspecified atom stereocenters. The number of anilines is 1. The summed E-state index contributed by atoms with van der Waals surface area (Å²) in [5.41, 5.74) is 2.19. The number of nitrogens with zero attached hydrogens (tertiary/aromatic N) is 1. The minimum atomic E-state index is 0.448. The molecule has 98 valence electrons. The van der Waals surface area contributed by atoms with E-state index in [1.54, 1.807) is 19.2 Å². The second kappa shape index (κ2) is 6.87. The lowest BCUT2D eigenvalue weighted by molar-refractivity contribution is 0.416. The van der Waals surface area contributed by atoms with Crippen molar-refractivity contribution in [3.05, 3.63) is 59.7 Å². The first-order chi connectivity index (χ1) is 9.85. The number of benzene rings is 2. The number of rotatable bonds is 3. The van der Waals surface area contributed by atoms with Crippen molar-refractivity contribution in [2.75, 3.05) is 19.0 Å². The molecule has 0 saturated heterocycles. The number of ether oxygens (including phenoxy) is 1. The van der Waals surface area contributed by atoms with E-state index in [1.165, 1.54) is 0 Å². The molecule has 2 aromatic rings. The largest absolute Gasteiger partial charge is 0.495 e. The van der Waals surface area contributed by atoms with Crippen LogP contribution in [0.2, 0.25) is 0 Å². The quantitative estimate of drug-likeness (QED) is 0.865. The van der Waals surface area contributed by atoms with E-state index in [0.29, 0.717) is 23.5 Å². The Morgan fingerprint density at radius 2 is 1.90 bits per heavy atom. The fraction of sp³-hybridized carbons (Fsp3) is 0.118. The molecule has 0 aliphatic heterocycles. The lowest BCUT2D eigenvalue weighted by atomic mass is 10.1. The lowest BCUT2D eigenvalue weighted by Gasteiger charge is -2.10. The highest BCUT2D eigenvalue weighted by Gasteiger charge is 2.06. The van der Waals surface area contributed by atoms with Gasteiger partial charge in [0.2, 0.25) is 0 Å². The third-order valence-electron chi connectivity index (χ3n) is 2.73. The second-order valence-electron chi connectivity index (χ2n) is 4.02. The zero-order chi connectivity index (χ0) is 14.2. The smallest absolute Gasteiger partial charge is 0.143 e. The maximum Gasteiger partial charge on any atom is 0.143 e. The third kappa shape index (κ3) is 3.31. The molecule has 2 aromatic carbocycles. The van der Waals surface area contributed by atoms with E-state index in [4.69, 9.17) is 10.00 Å². The van der Waals surface area contributed by atoms with Crippen LogP contribution in [0.4, 0.5) is 5.69 Å². The van der Waals surface area contributed by atoms with Crippen LogP contribution in [-0.2, 0) is 0 Å². The summed E-state index contributed by atoms with van der Waals surface area (Å²) in [4.78, 5) is 0. The Balaban J connectivity index is 2.09. The molecule has 0 atom stereocenters. The summed E-state index contributed by atoms with van der Waals surface area (Å²) in [6.07, 6.45) is 0. The Morgan fingerprint density at radius 1 is 1.10 bits per heavy atom. The number of nitrogens with one attached hydrogen (secondary N) is 1. The highest BCUT2D eigenvalue weighted by atomic mass is 16.5. The van der Waals surface area contributed by atoms with Gasteiger partial charge in [0.15, 0.2) is 0 Å². The minimum absolute atomic E-state index is 0.448. The number of para-hydroxylation sites is 1. The Labute approximate surface area is 118 Å². The summed E-state index contributed by atoms with van der Waals surface area (Å²) in [5.74, 6) is 6.72. The van der Waals surface area contributed by atoms with Crippen LogP contribution >= 0.6 is 0 Å². The third-order valence-corrected chi connectivity index (χ3v) is 2.73. The molecule has 2 rings (SSSR count). The molecule has 0 saturated carbocycles. The van der Waals surface area contributed by atoms with Crippen molar-refractivity contribution in [1.29, 1.82) is 5.26 Å². The van der Waals surface area contributed by atoms with Crippen molar-refractivity contribution in [1.82, 2.24) is 0 Å². The average molecular weight is 262 g/mol. The normalized spacial score (nSPS) is 9.00. The monoisotopic (exact) mass is 262 g/mol. The van der Waals surface area contributed by atoms with Gasteiger partial charge in [0, 0.05) is 5.56 Å². The Morgan fingerprint density at radius 3 is 2.60 bits per heavy atom. The SMILES string of the molecule is COc1cccc(C#N)c1NCC#Cc1ccccc1. The summed E-state index contributed by atoms with van der Waals surface area (Å²) in [6.45, 7) is 0.448. The molecular weight excluding hydrogens is 248 g/mol. The van der Waals surface area contributed by atoms with Gasteiger partial charge in [-0.15, -0.1) is 0 Å². The molecule has 3 nitrogen and oxygen atoms in total. The highest BCUT2D eigenvalue weighted by molar-refractivity contribution is 5.66. The van der Waals surface area contributed by atoms with Gasteiger partial charge in [-0.1, -0.05) is 36.1 Å². The van der Waals surface area contributed by atoms with Gasteiger partial charge < -0.3 is 10.1 Å². The molecule has 3 heteroatoms. The molecule has 0 radical (unpaired) electrons. The predicted molar refractivity (Wildman–Crippen MR) is 79.5 cm³/mol. The van der Waals surface area contributed by atoms with E-state index in [2.05, 4.69) is 23.2 Å². The van der Waals surface area contributed by atoms with Crippen molar-refractivity contribution in [2.24, 2.45) is 0 Å². The Kier molecular flexibility index (Phi) is 4.65. The molecular formula is C17H14N2O. The van der Waals surface area contributed by atoms with Crippen LogP contribution in [0, 0.1) is 23.2 Å². The summed E-state index contributed by atoms with van der Waals surface area (Å²) >= 11 is 0. The molecule has 0 bridgehead atoms. The second-order valence-corrected chi connectivity index (χ2v) is 4.02. The molecule has 20 heavy (non-hydrogen) atoms. The van der Waals surface area contributed by atoms with E-state index in [9.17, 15) is 0 Å². The summed E-state index contributed by atoms with van der Waals surface area (Å²) in [5, 5.41) is 12.2. The molecule has 1 N–H and O–H groups in total. The molecule has 0 heterocycles. The molecule has 0 aliphatic carbocycles. The van der Waals surface area contributed by atoms with Gasteiger partial charge in [-0.05, 0) is 24.3 Å². The van der Waals surface area contributed by atoms with E-state index < -0.39 is 0 Å².